The van der Waals surface area contributed by atoms with Gasteiger partial charge in [-0.1, -0.05) is 18.2 Å². The van der Waals surface area contributed by atoms with E-state index >= 15 is 0 Å². The Hall–Kier alpha value is -3.04. The third-order valence-electron chi connectivity index (χ3n) is 7.81. The minimum absolute atomic E-state index is 0.0235. The van der Waals surface area contributed by atoms with E-state index < -0.39 is 5.41 Å². The van der Waals surface area contributed by atoms with Crippen LogP contribution in [-0.4, -0.2) is 91.5 Å². The van der Waals surface area contributed by atoms with Gasteiger partial charge in [-0.3, -0.25) is 19.4 Å². The number of pyridine rings is 1. The van der Waals surface area contributed by atoms with Crippen LogP contribution in [0.3, 0.4) is 0 Å². The van der Waals surface area contributed by atoms with E-state index in [1.54, 1.807) is 0 Å². The average Bonchev–Trinajstić information content (AvgIpc) is 3.29. The van der Waals surface area contributed by atoms with Crippen molar-refractivity contribution in [3.05, 3.63) is 41.6 Å². The molecule has 3 saturated heterocycles. The summed E-state index contributed by atoms with van der Waals surface area (Å²) in [5.41, 5.74) is 1.74. The van der Waals surface area contributed by atoms with Crippen LogP contribution in [0.15, 0.2) is 30.3 Å². The number of fused-ring (bicyclic) bond motifs is 1. The minimum Gasteiger partial charge on any atom is -0.381 e. The molecule has 3 unspecified atom stereocenters. The number of amides is 3. The van der Waals surface area contributed by atoms with E-state index in [0.717, 1.165) is 17.4 Å². The molecule has 35 heavy (non-hydrogen) atoms. The first-order chi connectivity index (χ1) is 16.9. The molecule has 3 amide bonds. The highest BCUT2D eigenvalue weighted by Gasteiger charge is 2.49. The molecule has 3 aliphatic heterocycles. The van der Waals surface area contributed by atoms with Gasteiger partial charge in [-0.2, -0.15) is 0 Å². The number of piperidine rings is 1. The van der Waals surface area contributed by atoms with Crippen molar-refractivity contribution < 1.29 is 19.1 Å². The Morgan fingerprint density at radius 3 is 2.91 bits per heavy atom. The zero-order valence-electron chi connectivity index (χ0n) is 20.4. The van der Waals surface area contributed by atoms with Crippen molar-refractivity contribution in [3.63, 3.8) is 0 Å². The van der Waals surface area contributed by atoms with Crippen molar-refractivity contribution in [2.45, 2.75) is 25.8 Å². The number of benzene rings is 1. The third kappa shape index (κ3) is 4.62. The Morgan fingerprint density at radius 2 is 2.11 bits per heavy atom. The van der Waals surface area contributed by atoms with Crippen molar-refractivity contribution >= 4 is 28.6 Å². The summed E-state index contributed by atoms with van der Waals surface area (Å²) in [5, 5.41) is 6.88. The van der Waals surface area contributed by atoms with Gasteiger partial charge < -0.3 is 25.2 Å². The number of nitrogens with one attached hydrogen (secondary N) is 2. The average molecular weight is 480 g/mol. The molecule has 186 valence electrons. The first kappa shape index (κ1) is 23.7. The van der Waals surface area contributed by atoms with Crippen LogP contribution in [0.4, 0.5) is 0 Å². The van der Waals surface area contributed by atoms with Crippen molar-refractivity contribution in [3.8, 4) is 0 Å². The Bertz CT molecular complexity index is 1150. The predicted octanol–water partition coefficient (Wildman–Crippen LogP) is 0.958. The Balaban J connectivity index is 1.32. The van der Waals surface area contributed by atoms with Gasteiger partial charge in [-0.25, -0.2) is 0 Å². The van der Waals surface area contributed by atoms with Crippen LogP contribution in [-0.2, 0) is 14.3 Å². The lowest BCUT2D eigenvalue weighted by Gasteiger charge is -2.42. The van der Waals surface area contributed by atoms with E-state index in [9.17, 15) is 14.4 Å². The lowest BCUT2D eigenvalue weighted by Crippen LogP contribution is -2.60. The fraction of sp³-hybridized carbons (Fsp3) is 0.538. The number of nitrogens with zero attached hydrogens (tertiary/aromatic N) is 3. The number of para-hydroxylation sites is 1. The van der Waals surface area contributed by atoms with Crippen LogP contribution in [0.1, 0.15) is 28.9 Å². The summed E-state index contributed by atoms with van der Waals surface area (Å²) in [5.74, 6) is -0.497. The van der Waals surface area contributed by atoms with E-state index in [-0.39, 0.29) is 29.7 Å². The highest BCUT2D eigenvalue weighted by Crippen LogP contribution is 2.42. The van der Waals surface area contributed by atoms with Crippen LogP contribution in [0.25, 0.3) is 10.9 Å². The Kier molecular flexibility index (Phi) is 6.46. The number of carbonyl (C=O) groups is 3. The monoisotopic (exact) mass is 479 g/mol. The topological polar surface area (TPSA) is 104 Å². The normalized spacial score (nSPS) is 27.3. The summed E-state index contributed by atoms with van der Waals surface area (Å²) < 4.78 is 5.59. The van der Waals surface area contributed by atoms with Crippen molar-refractivity contribution in [1.82, 2.24) is 25.4 Å². The van der Waals surface area contributed by atoms with Gasteiger partial charge in [0.1, 0.15) is 0 Å². The maximum Gasteiger partial charge on any atom is 0.256 e. The molecule has 2 N–H and O–H groups in total. The molecule has 1 spiro atoms. The number of piperazine rings is 1. The van der Waals surface area contributed by atoms with Gasteiger partial charge >= 0.3 is 0 Å². The molecule has 9 nitrogen and oxygen atoms in total. The number of aromatic nitrogens is 1. The fourth-order valence-electron chi connectivity index (χ4n) is 5.72. The van der Waals surface area contributed by atoms with Crippen LogP contribution in [0.5, 0.6) is 0 Å². The molecule has 3 fully saturated rings. The number of aryl methyl sites for hydroxylation is 1. The van der Waals surface area contributed by atoms with Gasteiger partial charge in [0.05, 0.1) is 35.3 Å². The van der Waals surface area contributed by atoms with Crippen molar-refractivity contribution in [1.29, 1.82) is 0 Å². The van der Waals surface area contributed by atoms with E-state index in [1.807, 2.05) is 49.2 Å². The van der Waals surface area contributed by atoms with Gasteiger partial charge in [-0.05, 0) is 32.5 Å². The van der Waals surface area contributed by atoms with Gasteiger partial charge in [-0.15, -0.1) is 0 Å². The molecule has 9 heteroatoms. The first-order valence-corrected chi connectivity index (χ1v) is 12.3. The number of carbonyl (C=O) groups excluding carboxylic acids is 3. The van der Waals surface area contributed by atoms with Gasteiger partial charge in [0.25, 0.3) is 5.91 Å². The smallest absolute Gasteiger partial charge is 0.256 e. The molecule has 2 aromatic rings. The van der Waals surface area contributed by atoms with E-state index in [1.165, 1.54) is 0 Å². The highest BCUT2D eigenvalue weighted by atomic mass is 16.5. The number of rotatable bonds is 4. The molecule has 0 saturated carbocycles. The van der Waals surface area contributed by atoms with Crippen LogP contribution < -0.4 is 10.6 Å². The minimum atomic E-state index is -0.431. The summed E-state index contributed by atoms with van der Waals surface area (Å²) in [6.45, 7) is 5.58. The molecule has 1 aromatic carbocycles. The summed E-state index contributed by atoms with van der Waals surface area (Å²) in [7, 11) is 2.03. The molecule has 3 aliphatic rings. The SMILES string of the molecule is Cc1nc2ccccc2cc1C(=O)N1CCN(C)CC1CNC(=O)C1CNC(=O)CC12CCOC2. The van der Waals surface area contributed by atoms with Crippen molar-refractivity contribution in [2.75, 3.05) is 53.0 Å². The Morgan fingerprint density at radius 1 is 1.29 bits per heavy atom. The molecule has 1 aromatic heterocycles. The predicted molar refractivity (Wildman–Crippen MR) is 131 cm³/mol. The summed E-state index contributed by atoms with van der Waals surface area (Å²) in [4.78, 5) is 47.7. The molecule has 0 aliphatic carbocycles. The van der Waals surface area contributed by atoms with Gasteiger partial charge in [0.2, 0.25) is 11.8 Å². The molecule has 3 atom stereocenters. The second-order valence-electron chi connectivity index (χ2n) is 10.2. The standard InChI is InChI=1S/C26H33N5O4/c1-17-20(11-18-5-3-4-6-22(18)29-17)25(34)31-9-8-30(2)15-19(31)13-28-24(33)21-14-27-23(32)12-26(21)7-10-35-16-26/h3-6,11,19,21H,7-10,12-16H2,1-2H3,(H,27,32)(H,28,33). The number of hydrogen-bond acceptors (Lipinski definition) is 6. The summed E-state index contributed by atoms with van der Waals surface area (Å²) >= 11 is 0. The van der Waals surface area contributed by atoms with Gasteiger partial charge in [0.15, 0.2) is 0 Å². The van der Waals surface area contributed by atoms with Crippen molar-refractivity contribution in [2.24, 2.45) is 11.3 Å². The quantitative estimate of drug-likeness (QED) is 0.677. The number of likely N-dealkylation sites (N-methyl/N-ethyl adjacent to an activating group) is 1. The molecule has 0 bridgehead atoms. The third-order valence-corrected chi connectivity index (χ3v) is 7.81. The zero-order chi connectivity index (χ0) is 24.6. The fourth-order valence-corrected chi connectivity index (χ4v) is 5.72. The molecule has 5 rings (SSSR count). The Labute approximate surface area is 205 Å². The number of ether oxygens (including phenoxy) is 1. The first-order valence-electron chi connectivity index (χ1n) is 12.3. The molecule has 4 heterocycles. The summed E-state index contributed by atoms with van der Waals surface area (Å²) in [6.07, 6.45) is 1.03. The maximum absolute atomic E-state index is 13.7. The maximum atomic E-state index is 13.7. The van der Waals surface area contributed by atoms with Gasteiger partial charge in [0, 0.05) is 56.6 Å². The van der Waals surface area contributed by atoms with Crippen LogP contribution in [0.2, 0.25) is 0 Å². The molecular formula is C26H33N5O4. The lowest BCUT2D eigenvalue weighted by molar-refractivity contribution is -0.137. The molecular weight excluding hydrogens is 446 g/mol. The second kappa shape index (κ2) is 9.54. The zero-order valence-corrected chi connectivity index (χ0v) is 20.4. The number of hydrogen-bond donors (Lipinski definition) is 2. The van der Waals surface area contributed by atoms with Crippen LogP contribution >= 0.6 is 0 Å². The summed E-state index contributed by atoms with van der Waals surface area (Å²) in [6, 6.07) is 9.55. The van der Waals surface area contributed by atoms with E-state index in [0.29, 0.717) is 63.5 Å². The largest absolute Gasteiger partial charge is 0.381 e. The van der Waals surface area contributed by atoms with Crippen LogP contribution in [0, 0.1) is 18.3 Å². The highest BCUT2D eigenvalue weighted by molar-refractivity contribution is 5.99. The second-order valence-corrected chi connectivity index (χ2v) is 10.2. The molecule has 0 radical (unpaired) electrons. The van der Waals surface area contributed by atoms with E-state index in [2.05, 4.69) is 20.5 Å². The lowest BCUT2D eigenvalue weighted by atomic mass is 9.69. The van der Waals surface area contributed by atoms with E-state index in [4.69, 9.17) is 4.74 Å².